The highest BCUT2D eigenvalue weighted by atomic mass is 32.2. The second-order valence-electron chi connectivity index (χ2n) is 8.45. The molecule has 1 saturated heterocycles. The van der Waals surface area contributed by atoms with Crippen LogP contribution in [0.25, 0.3) is 5.69 Å². The highest BCUT2D eigenvalue weighted by molar-refractivity contribution is 7.89. The molecule has 1 aliphatic heterocycles. The SMILES string of the molecule is Cc1cc(C(=O)COc2ccc(S(=O)(=O)N3CCCC3)cc2C(N)=O)c(C)n1-c1cccc(F)c1. The summed E-state index contributed by atoms with van der Waals surface area (Å²) in [6.45, 7) is 4.01. The van der Waals surface area contributed by atoms with Crippen LogP contribution < -0.4 is 10.5 Å². The Labute approximate surface area is 203 Å². The number of hydrogen-bond donors (Lipinski definition) is 1. The van der Waals surface area contributed by atoms with Gasteiger partial charge < -0.3 is 15.0 Å². The fraction of sp³-hybridized carbons (Fsp3) is 0.280. The van der Waals surface area contributed by atoms with Gasteiger partial charge in [-0.1, -0.05) is 6.07 Å². The Hall–Kier alpha value is -3.50. The standard InChI is InChI=1S/C25H26FN3O5S/c1-16-12-21(17(2)29(16)19-7-5-6-18(26)13-19)23(30)15-34-24-9-8-20(14-22(24)25(27)31)35(32,33)28-10-3-4-11-28/h5-9,12-14H,3-4,10-11,15H2,1-2H3,(H2,27,31). The van der Waals surface area contributed by atoms with Crippen LogP contribution in [-0.4, -0.2) is 48.7 Å². The van der Waals surface area contributed by atoms with E-state index < -0.39 is 22.5 Å². The van der Waals surface area contributed by atoms with Crippen LogP contribution in [0.4, 0.5) is 4.39 Å². The molecular weight excluding hydrogens is 473 g/mol. The van der Waals surface area contributed by atoms with Crippen molar-refractivity contribution in [3.8, 4) is 11.4 Å². The van der Waals surface area contributed by atoms with Gasteiger partial charge in [0.1, 0.15) is 11.6 Å². The maximum absolute atomic E-state index is 13.7. The van der Waals surface area contributed by atoms with Crippen molar-refractivity contribution in [2.24, 2.45) is 5.73 Å². The van der Waals surface area contributed by atoms with E-state index >= 15 is 0 Å². The molecule has 1 aliphatic rings. The first-order chi connectivity index (χ1) is 16.6. The highest BCUT2D eigenvalue weighted by Gasteiger charge is 2.28. The first kappa shape index (κ1) is 24.6. The molecule has 0 aliphatic carbocycles. The van der Waals surface area contributed by atoms with Crippen LogP contribution >= 0.6 is 0 Å². The molecule has 0 atom stereocenters. The molecule has 0 unspecified atom stereocenters. The van der Waals surface area contributed by atoms with Crippen LogP contribution in [0.1, 0.15) is 44.9 Å². The number of nitrogens with zero attached hydrogens (tertiary/aromatic N) is 2. The molecule has 1 amide bonds. The molecule has 0 saturated carbocycles. The number of halogens is 1. The fourth-order valence-electron chi connectivity index (χ4n) is 4.34. The lowest BCUT2D eigenvalue weighted by atomic mass is 10.1. The van der Waals surface area contributed by atoms with Gasteiger partial charge >= 0.3 is 0 Å². The summed E-state index contributed by atoms with van der Waals surface area (Å²) in [7, 11) is -3.75. The van der Waals surface area contributed by atoms with E-state index in [2.05, 4.69) is 0 Å². The van der Waals surface area contributed by atoms with Gasteiger partial charge in [0.25, 0.3) is 5.91 Å². The van der Waals surface area contributed by atoms with Crippen molar-refractivity contribution in [1.29, 1.82) is 0 Å². The second kappa shape index (κ2) is 9.63. The molecule has 0 spiro atoms. The van der Waals surface area contributed by atoms with E-state index in [1.54, 1.807) is 36.6 Å². The topological polar surface area (TPSA) is 112 Å². The zero-order valence-electron chi connectivity index (χ0n) is 19.5. The number of ether oxygens (including phenoxy) is 1. The first-order valence-corrected chi connectivity index (χ1v) is 12.6. The molecule has 35 heavy (non-hydrogen) atoms. The lowest BCUT2D eigenvalue weighted by molar-refractivity contribution is 0.0911. The van der Waals surface area contributed by atoms with Gasteiger partial charge in [0, 0.05) is 35.7 Å². The number of ketones is 1. The fourth-order valence-corrected chi connectivity index (χ4v) is 5.89. The lowest BCUT2D eigenvalue weighted by Crippen LogP contribution is -2.28. The van der Waals surface area contributed by atoms with E-state index in [-0.39, 0.29) is 27.8 Å². The Kier molecular flexibility index (Phi) is 6.77. The maximum Gasteiger partial charge on any atom is 0.252 e. The zero-order chi connectivity index (χ0) is 25.3. The zero-order valence-corrected chi connectivity index (χ0v) is 20.3. The molecule has 1 aromatic heterocycles. The summed E-state index contributed by atoms with van der Waals surface area (Å²) in [6.07, 6.45) is 1.57. The van der Waals surface area contributed by atoms with Crippen molar-refractivity contribution < 1.29 is 27.1 Å². The number of primary amides is 1. The Morgan fingerprint density at radius 3 is 2.40 bits per heavy atom. The number of rotatable bonds is 8. The molecular formula is C25H26FN3O5S. The third-order valence-electron chi connectivity index (χ3n) is 6.08. The number of nitrogens with two attached hydrogens (primary N) is 1. The quantitative estimate of drug-likeness (QED) is 0.478. The van der Waals surface area contributed by atoms with Gasteiger partial charge in [-0.3, -0.25) is 9.59 Å². The average Bonchev–Trinajstić information content (AvgIpc) is 3.46. The van der Waals surface area contributed by atoms with Gasteiger partial charge in [-0.05, 0) is 69.2 Å². The van der Waals surface area contributed by atoms with Crippen molar-refractivity contribution in [1.82, 2.24) is 8.87 Å². The number of carbonyl (C=O) groups excluding carboxylic acids is 2. The van der Waals surface area contributed by atoms with Crippen LogP contribution in [0.5, 0.6) is 5.75 Å². The van der Waals surface area contributed by atoms with E-state index in [1.807, 2.05) is 0 Å². The van der Waals surface area contributed by atoms with Gasteiger partial charge in [-0.2, -0.15) is 4.31 Å². The van der Waals surface area contributed by atoms with Crippen molar-refractivity contribution in [3.63, 3.8) is 0 Å². The van der Waals surface area contributed by atoms with Crippen molar-refractivity contribution in [2.45, 2.75) is 31.6 Å². The average molecular weight is 500 g/mol. The van der Waals surface area contributed by atoms with Crippen LogP contribution in [0, 0.1) is 19.7 Å². The molecule has 8 nitrogen and oxygen atoms in total. The van der Waals surface area contributed by atoms with E-state index in [0.29, 0.717) is 30.0 Å². The van der Waals surface area contributed by atoms with E-state index in [1.165, 1.54) is 34.6 Å². The molecule has 2 heterocycles. The van der Waals surface area contributed by atoms with Gasteiger partial charge in [0.15, 0.2) is 6.61 Å². The monoisotopic (exact) mass is 499 g/mol. The first-order valence-electron chi connectivity index (χ1n) is 11.1. The van der Waals surface area contributed by atoms with Crippen LogP contribution in [0.3, 0.4) is 0 Å². The normalized spacial score (nSPS) is 14.3. The number of aromatic nitrogens is 1. The summed E-state index contributed by atoms with van der Waals surface area (Å²) in [4.78, 5) is 24.9. The Balaban J connectivity index is 1.56. The number of amides is 1. The van der Waals surface area contributed by atoms with Crippen molar-refractivity contribution >= 4 is 21.7 Å². The molecule has 1 fully saturated rings. The van der Waals surface area contributed by atoms with Crippen LogP contribution in [0.2, 0.25) is 0 Å². The minimum absolute atomic E-state index is 0.0187. The number of carbonyl (C=O) groups is 2. The smallest absolute Gasteiger partial charge is 0.252 e. The largest absolute Gasteiger partial charge is 0.485 e. The number of Topliss-reactive ketones (excluding diaryl/α,β-unsaturated/α-hetero) is 1. The molecule has 2 aromatic carbocycles. The van der Waals surface area contributed by atoms with Crippen LogP contribution in [-0.2, 0) is 10.0 Å². The molecule has 0 bridgehead atoms. The van der Waals surface area contributed by atoms with Gasteiger partial charge in [0.05, 0.1) is 10.5 Å². The summed E-state index contributed by atoms with van der Waals surface area (Å²) in [5, 5.41) is 0. The summed E-state index contributed by atoms with van der Waals surface area (Å²) >= 11 is 0. The number of aryl methyl sites for hydroxylation is 1. The minimum atomic E-state index is -3.75. The summed E-state index contributed by atoms with van der Waals surface area (Å²) in [6, 6.07) is 11.6. The molecule has 10 heteroatoms. The predicted octanol–water partition coefficient (Wildman–Crippen LogP) is 3.38. The summed E-state index contributed by atoms with van der Waals surface area (Å²) < 4.78 is 48.1. The Morgan fingerprint density at radius 2 is 1.74 bits per heavy atom. The van der Waals surface area contributed by atoms with E-state index in [4.69, 9.17) is 10.5 Å². The molecule has 2 N–H and O–H groups in total. The van der Waals surface area contributed by atoms with Crippen molar-refractivity contribution in [2.75, 3.05) is 19.7 Å². The third kappa shape index (κ3) is 4.85. The minimum Gasteiger partial charge on any atom is -0.485 e. The third-order valence-corrected chi connectivity index (χ3v) is 7.97. The number of benzene rings is 2. The van der Waals surface area contributed by atoms with Gasteiger partial charge in [-0.25, -0.2) is 12.8 Å². The maximum atomic E-state index is 13.7. The number of sulfonamides is 1. The van der Waals surface area contributed by atoms with Crippen LogP contribution in [0.15, 0.2) is 53.4 Å². The van der Waals surface area contributed by atoms with E-state index in [0.717, 1.165) is 18.5 Å². The summed E-state index contributed by atoms with van der Waals surface area (Å²) in [5.74, 6) is -1.59. The highest BCUT2D eigenvalue weighted by Crippen LogP contribution is 2.27. The molecule has 184 valence electrons. The molecule has 3 aromatic rings. The molecule has 0 radical (unpaired) electrons. The summed E-state index contributed by atoms with van der Waals surface area (Å²) in [5.41, 5.74) is 7.69. The van der Waals surface area contributed by atoms with Gasteiger partial charge in [0.2, 0.25) is 15.8 Å². The van der Waals surface area contributed by atoms with Crippen molar-refractivity contribution in [3.05, 3.63) is 76.9 Å². The number of hydrogen-bond acceptors (Lipinski definition) is 5. The second-order valence-corrected chi connectivity index (χ2v) is 10.4. The van der Waals surface area contributed by atoms with E-state index in [9.17, 15) is 22.4 Å². The molecule has 4 rings (SSSR count). The lowest BCUT2D eigenvalue weighted by Gasteiger charge is -2.17. The Morgan fingerprint density at radius 1 is 1.03 bits per heavy atom. The Bertz CT molecular complexity index is 1410. The predicted molar refractivity (Wildman–Crippen MR) is 128 cm³/mol. The van der Waals surface area contributed by atoms with Gasteiger partial charge in [-0.15, -0.1) is 0 Å².